The Kier molecular flexibility index (Phi) is 3.39. The fourth-order valence-electron chi connectivity index (χ4n) is 0.0940. The molecule has 0 saturated carbocycles. The molecule has 4 heteroatoms. The molecule has 0 fully saturated rings. The molecule has 0 aliphatic heterocycles. The van der Waals surface area contributed by atoms with Crippen molar-refractivity contribution in [3.05, 3.63) is 0 Å². The van der Waals surface area contributed by atoms with E-state index in [1.807, 2.05) is 0 Å². The van der Waals surface area contributed by atoms with Crippen LogP contribution in [0.25, 0.3) is 0 Å². The summed E-state index contributed by atoms with van der Waals surface area (Å²) in [6.07, 6.45) is 1.40. The molecule has 0 radical (unpaired) electrons. The van der Waals surface area contributed by atoms with Crippen LogP contribution >= 0.6 is 0 Å². The van der Waals surface area contributed by atoms with Crippen LogP contribution in [0.3, 0.4) is 0 Å². The Morgan fingerprint density at radius 2 is 2.57 bits per heavy atom. The molecule has 3 nitrogen and oxygen atoms in total. The quantitative estimate of drug-likeness (QED) is 0.427. The van der Waals surface area contributed by atoms with Crippen molar-refractivity contribution in [3.63, 3.8) is 0 Å². The first-order valence-electron chi connectivity index (χ1n) is 1.50. The molecule has 0 unspecified atom stereocenters. The van der Waals surface area contributed by atoms with E-state index >= 15 is 0 Å². The zero-order valence-corrected chi connectivity index (χ0v) is 5.13. The number of hydrogen-bond acceptors (Lipinski definition) is 3. The average Bonchev–Trinajstić information content (AvgIpc) is 1.61. The van der Waals surface area contributed by atoms with Gasteiger partial charge >= 0.3 is 48.1 Å². The maximum absolute atomic E-state index is 8.27. The van der Waals surface area contributed by atoms with E-state index in [1.165, 1.54) is 6.26 Å². The molecule has 0 aromatic heterocycles. The van der Waals surface area contributed by atoms with Gasteiger partial charge in [-0.3, -0.25) is 0 Å². The van der Waals surface area contributed by atoms with Gasteiger partial charge in [-0.05, 0) is 0 Å². The summed E-state index contributed by atoms with van der Waals surface area (Å²) in [7, 11) is 0. The molecule has 38 valence electrons. The zero-order chi connectivity index (χ0) is 5.70. The van der Waals surface area contributed by atoms with E-state index in [1.54, 1.807) is 0 Å². The van der Waals surface area contributed by atoms with Gasteiger partial charge in [0.15, 0.2) is 0 Å². The van der Waals surface area contributed by atoms with Gasteiger partial charge in [0.2, 0.25) is 0 Å². The summed E-state index contributed by atoms with van der Waals surface area (Å²) in [6.45, 7) is -0.0451. The normalized spacial score (nSPS) is 6.71. The minimum absolute atomic E-state index is 0.0125. The first-order chi connectivity index (χ1) is 3.27. The second-order valence-electron chi connectivity index (χ2n) is 0.774. The molecule has 0 saturated heterocycles. The van der Waals surface area contributed by atoms with Gasteiger partial charge in [0.25, 0.3) is 0 Å². The predicted octanol–water partition coefficient (Wildman–Crippen LogP) is -0.845. The van der Waals surface area contributed by atoms with Crippen molar-refractivity contribution >= 4 is 20.2 Å². The molecule has 0 aromatic rings. The molecular formula is C3H3NO2Se. The molecule has 0 amide bonds. The first kappa shape index (κ1) is 6.48. The monoisotopic (exact) mass is 165 g/mol. The van der Waals surface area contributed by atoms with E-state index in [2.05, 4.69) is 20.3 Å². The molecule has 0 heterocycles. The van der Waals surface area contributed by atoms with E-state index in [4.69, 9.17) is 10.4 Å². The number of nitriles is 1. The van der Waals surface area contributed by atoms with Crippen LogP contribution in [0.1, 0.15) is 0 Å². The van der Waals surface area contributed by atoms with Crippen LogP contribution in [0.2, 0.25) is 0 Å². The average molecular weight is 164 g/mol. The Morgan fingerprint density at radius 3 is 2.71 bits per heavy atom. The third-order valence-electron chi connectivity index (χ3n) is 0.260. The number of rotatable bonds is 2. The van der Waals surface area contributed by atoms with Crippen molar-refractivity contribution in [2.45, 2.75) is 0 Å². The second kappa shape index (κ2) is 3.66. The maximum atomic E-state index is 8.27. The molecule has 0 aliphatic carbocycles. The van der Waals surface area contributed by atoms with Gasteiger partial charge in [-0.1, -0.05) is 0 Å². The van der Waals surface area contributed by atoms with E-state index in [0.717, 1.165) is 0 Å². The summed E-state index contributed by atoms with van der Waals surface area (Å²) in [5, 5.41) is 16.0. The summed E-state index contributed by atoms with van der Waals surface area (Å²) in [5.41, 5.74) is 0. The van der Waals surface area contributed by atoms with Crippen molar-refractivity contribution < 1.29 is 9.84 Å². The van der Waals surface area contributed by atoms with E-state index in [-0.39, 0.29) is 11.2 Å². The summed E-state index contributed by atoms with van der Waals surface area (Å²) in [6, 6.07) is 0. The molecule has 0 spiro atoms. The Labute approximate surface area is 48.9 Å². The molecular weight excluding hydrogens is 161 g/mol. The van der Waals surface area contributed by atoms with Crippen LogP contribution in [0.4, 0.5) is 0 Å². The Morgan fingerprint density at radius 1 is 2.00 bits per heavy atom. The standard InChI is InChI=1S/C3H3NO2Se/c4-2-6-1-3(5)7/h1H2,(H,5,7). The SMILES string of the molecule is N#COCC(O)=[Se]. The minimum atomic E-state index is -0.0451. The van der Waals surface area contributed by atoms with E-state index in [9.17, 15) is 0 Å². The second-order valence-corrected chi connectivity index (χ2v) is 1.76. The van der Waals surface area contributed by atoms with E-state index < -0.39 is 0 Å². The van der Waals surface area contributed by atoms with Gasteiger partial charge in [0, 0.05) is 0 Å². The molecule has 0 atom stereocenters. The van der Waals surface area contributed by atoms with Crippen LogP contribution in [0, 0.1) is 11.5 Å². The van der Waals surface area contributed by atoms with Crippen molar-refractivity contribution in [1.82, 2.24) is 0 Å². The Bertz CT molecular complexity index is 106. The van der Waals surface area contributed by atoms with Gasteiger partial charge in [-0.2, -0.15) is 0 Å². The third kappa shape index (κ3) is 5.48. The van der Waals surface area contributed by atoms with Gasteiger partial charge in [-0.25, -0.2) is 0 Å². The van der Waals surface area contributed by atoms with Crippen LogP contribution in [0.15, 0.2) is 0 Å². The molecule has 7 heavy (non-hydrogen) atoms. The van der Waals surface area contributed by atoms with Crippen LogP contribution in [0.5, 0.6) is 0 Å². The predicted molar refractivity (Wildman–Crippen MR) is 24.3 cm³/mol. The van der Waals surface area contributed by atoms with Crippen LogP contribution in [-0.2, 0) is 4.74 Å². The molecule has 0 rings (SSSR count). The molecule has 0 bridgehead atoms. The fraction of sp³-hybridized carbons (Fsp3) is 0.333. The first-order valence-corrected chi connectivity index (χ1v) is 2.35. The Hall–Kier alpha value is -0.521. The summed E-state index contributed by atoms with van der Waals surface area (Å²) >= 11 is 2.27. The van der Waals surface area contributed by atoms with E-state index in [0.29, 0.717) is 0 Å². The third-order valence-corrected chi connectivity index (χ3v) is 0.507. The number of aliphatic hydroxyl groups excluding tert-OH is 1. The summed E-state index contributed by atoms with van der Waals surface area (Å²) in [5.74, 6) is 0. The molecule has 0 aliphatic rings. The number of hydrogen-bond donors (Lipinski definition) is 1. The molecule has 1 N–H and O–H groups in total. The fourth-order valence-corrected chi connectivity index (χ4v) is 0.218. The number of ether oxygens (including phenoxy) is 1. The van der Waals surface area contributed by atoms with Gasteiger partial charge in [-0.15, -0.1) is 0 Å². The van der Waals surface area contributed by atoms with Crippen molar-refractivity contribution in [1.29, 1.82) is 5.26 Å². The zero-order valence-electron chi connectivity index (χ0n) is 3.42. The summed E-state index contributed by atoms with van der Waals surface area (Å²) in [4.78, 5) is 0. The number of nitrogens with zero attached hydrogens (tertiary/aromatic N) is 1. The molecule has 0 aromatic carbocycles. The van der Waals surface area contributed by atoms with Gasteiger partial charge < -0.3 is 0 Å². The van der Waals surface area contributed by atoms with Crippen LogP contribution < -0.4 is 0 Å². The summed E-state index contributed by atoms with van der Waals surface area (Å²) < 4.78 is 4.07. The Balaban J connectivity index is 3.02. The van der Waals surface area contributed by atoms with Crippen LogP contribution in [-0.4, -0.2) is 31.9 Å². The van der Waals surface area contributed by atoms with Gasteiger partial charge in [0.05, 0.1) is 0 Å². The number of aliphatic hydroxyl groups is 1. The van der Waals surface area contributed by atoms with Gasteiger partial charge in [0.1, 0.15) is 0 Å². The van der Waals surface area contributed by atoms with Crippen molar-refractivity contribution in [2.24, 2.45) is 0 Å². The van der Waals surface area contributed by atoms with Crippen molar-refractivity contribution in [2.75, 3.05) is 6.61 Å². The topological polar surface area (TPSA) is 53.2 Å². The van der Waals surface area contributed by atoms with Crippen molar-refractivity contribution in [3.8, 4) is 6.26 Å².